The van der Waals surface area contributed by atoms with E-state index in [9.17, 15) is 4.79 Å². The van der Waals surface area contributed by atoms with Crippen LogP contribution < -0.4 is 4.74 Å². The van der Waals surface area contributed by atoms with Crippen molar-refractivity contribution in [3.63, 3.8) is 0 Å². The van der Waals surface area contributed by atoms with Gasteiger partial charge in [0.05, 0.1) is 13.7 Å². The highest BCUT2D eigenvalue weighted by Gasteiger charge is 2.20. The van der Waals surface area contributed by atoms with Gasteiger partial charge in [-0.1, -0.05) is 42.5 Å². The van der Waals surface area contributed by atoms with Crippen molar-refractivity contribution in [3.05, 3.63) is 65.7 Å². The second-order valence-electron chi connectivity index (χ2n) is 5.64. The third-order valence-electron chi connectivity index (χ3n) is 3.89. The Kier molecular flexibility index (Phi) is 6.82. The maximum Gasteiger partial charge on any atom is 0.251 e. The van der Waals surface area contributed by atoms with E-state index in [2.05, 4.69) is 0 Å². The molecule has 4 nitrogen and oxygen atoms in total. The third kappa shape index (κ3) is 5.10. The highest BCUT2D eigenvalue weighted by molar-refractivity contribution is 5.80. The zero-order valence-corrected chi connectivity index (χ0v) is 14.6. The minimum atomic E-state index is -0.486. The summed E-state index contributed by atoms with van der Waals surface area (Å²) in [7, 11) is 1.63. The number of hydrogen-bond acceptors (Lipinski definition) is 3. The first-order valence-corrected chi connectivity index (χ1v) is 8.21. The summed E-state index contributed by atoms with van der Waals surface area (Å²) >= 11 is 0. The maximum atomic E-state index is 12.6. The first-order chi connectivity index (χ1) is 11.6. The van der Waals surface area contributed by atoms with Crippen molar-refractivity contribution in [3.8, 4) is 5.75 Å². The van der Waals surface area contributed by atoms with Gasteiger partial charge in [-0.15, -0.1) is 0 Å². The Morgan fingerprint density at radius 3 is 2.46 bits per heavy atom. The molecule has 0 saturated carbocycles. The maximum absolute atomic E-state index is 12.6. The molecule has 1 amide bonds. The van der Waals surface area contributed by atoms with E-state index in [1.54, 1.807) is 14.0 Å². The van der Waals surface area contributed by atoms with Crippen molar-refractivity contribution in [2.45, 2.75) is 33.1 Å². The van der Waals surface area contributed by atoms with E-state index in [-0.39, 0.29) is 5.91 Å². The number of rotatable bonds is 8. The molecule has 0 aliphatic heterocycles. The van der Waals surface area contributed by atoms with Crippen molar-refractivity contribution in [2.75, 3.05) is 13.7 Å². The number of amides is 1. The molecule has 0 spiro atoms. The molecular formula is C20H25NO3. The second kappa shape index (κ2) is 9.08. The monoisotopic (exact) mass is 327 g/mol. The van der Waals surface area contributed by atoms with Crippen LogP contribution >= 0.6 is 0 Å². The van der Waals surface area contributed by atoms with Crippen molar-refractivity contribution >= 4 is 5.91 Å². The summed E-state index contributed by atoms with van der Waals surface area (Å²) in [6, 6.07) is 17.7. The number of methoxy groups -OCH3 is 1. The molecule has 4 heteroatoms. The van der Waals surface area contributed by atoms with Gasteiger partial charge in [0.25, 0.3) is 5.91 Å². The van der Waals surface area contributed by atoms with E-state index in [4.69, 9.17) is 9.47 Å². The zero-order valence-electron chi connectivity index (χ0n) is 14.6. The zero-order chi connectivity index (χ0) is 17.4. The van der Waals surface area contributed by atoms with E-state index in [0.717, 1.165) is 16.9 Å². The summed E-state index contributed by atoms with van der Waals surface area (Å²) in [5.41, 5.74) is 2.10. The molecule has 0 aliphatic carbocycles. The standard InChI is InChI=1S/C20H25NO3/c1-4-21(14-17-9-6-5-7-10-17)20(22)16(2)24-15-18-11-8-12-19(13-18)23-3/h5-13,16H,4,14-15H2,1-3H3. The molecule has 0 aliphatic rings. The number of carbonyl (C=O) groups is 1. The predicted molar refractivity (Wildman–Crippen MR) is 94.8 cm³/mol. The molecule has 0 saturated heterocycles. The van der Waals surface area contributed by atoms with E-state index in [1.165, 1.54) is 0 Å². The first kappa shape index (κ1) is 18.0. The number of hydrogen-bond donors (Lipinski definition) is 0. The van der Waals surface area contributed by atoms with Crippen molar-refractivity contribution < 1.29 is 14.3 Å². The average molecular weight is 327 g/mol. The SMILES string of the molecule is CCN(Cc1ccccc1)C(=O)C(C)OCc1cccc(OC)c1. The fraction of sp³-hybridized carbons (Fsp3) is 0.350. The van der Waals surface area contributed by atoms with Gasteiger partial charge < -0.3 is 14.4 Å². The lowest BCUT2D eigenvalue weighted by molar-refractivity contribution is -0.143. The lowest BCUT2D eigenvalue weighted by Gasteiger charge is -2.24. The van der Waals surface area contributed by atoms with Gasteiger partial charge in [-0.25, -0.2) is 0 Å². The largest absolute Gasteiger partial charge is 0.497 e. The third-order valence-corrected chi connectivity index (χ3v) is 3.89. The molecular weight excluding hydrogens is 302 g/mol. The Labute approximate surface area is 144 Å². The number of benzene rings is 2. The molecule has 1 atom stereocenters. The van der Waals surface area contributed by atoms with Crippen molar-refractivity contribution in [1.82, 2.24) is 4.90 Å². The Balaban J connectivity index is 1.92. The number of nitrogens with zero attached hydrogens (tertiary/aromatic N) is 1. The molecule has 24 heavy (non-hydrogen) atoms. The molecule has 0 fully saturated rings. The first-order valence-electron chi connectivity index (χ1n) is 8.21. The average Bonchev–Trinajstić information content (AvgIpc) is 2.64. The van der Waals surface area contributed by atoms with E-state index in [1.807, 2.05) is 66.4 Å². The van der Waals surface area contributed by atoms with Crippen LogP contribution in [-0.4, -0.2) is 30.6 Å². The Morgan fingerprint density at radius 2 is 1.79 bits per heavy atom. The molecule has 2 aromatic carbocycles. The van der Waals surface area contributed by atoms with E-state index < -0.39 is 6.10 Å². The molecule has 2 rings (SSSR count). The van der Waals surface area contributed by atoms with Crippen LogP contribution in [0.3, 0.4) is 0 Å². The number of carbonyl (C=O) groups excluding carboxylic acids is 1. The van der Waals surface area contributed by atoms with Gasteiger partial charge in [-0.05, 0) is 37.1 Å². The summed E-state index contributed by atoms with van der Waals surface area (Å²) in [5.74, 6) is 0.790. The minimum absolute atomic E-state index is 0.00393. The van der Waals surface area contributed by atoms with Crippen LogP contribution in [0.15, 0.2) is 54.6 Å². The molecule has 0 aromatic heterocycles. The molecule has 0 heterocycles. The van der Waals surface area contributed by atoms with E-state index in [0.29, 0.717) is 19.7 Å². The topological polar surface area (TPSA) is 38.8 Å². The molecule has 1 unspecified atom stereocenters. The smallest absolute Gasteiger partial charge is 0.251 e. The van der Waals surface area contributed by atoms with E-state index >= 15 is 0 Å². The Bertz CT molecular complexity index is 642. The van der Waals surface area contributed by atoms with Gasteiger partial charge in [0.15, 0.2) is 0 Å². The summed E-state index contributed by atoms with van der Waals surface area (Å²) in [6.07, 6.45) is -0.486. The normalized spacial score (nSPS) is 11.8. The van der Waals surface area contributed by atoms with Gasteiger partial charge in [-0.2, -0.15) is 0 Å². The molecule has 0 radical (unpaired) electrons. The van der Waals surface area contributed by atoms with Gasteiger partial charge in [-0.3, -0.25) is 4.79 Å². The van der Waals surface area contributed by atoms with Crippen LogP contribution in [0.4, 0.5) is 0 Å². The summed E-state index contributed by atoms with van der Waals surface area (Å²) in [4.78, 5) is 14.4. The molecule has 128 valence electrons. The van der Waals surface area contributed by atoms with Crippen LogP contribution in [0.5, 0.6) is 5.75 Å². The van der Waals surface area contributed by atoms with Crippen molar-refractivity contribution in [2.24, 2.45) is 0 Å². The lowest BCUT2D eigenvalue weighted by Crippen LogP contribution is -2.38. The van der Waals surface area contributed by atoms with Crippen LogP contribution in [0.25, 0.3) is 0 Å². The molecule has 2 aromatic rings. The van der Waals surface area contributed by atoms with Gasteiger partial charge in [0, 0.05) is 13.1 Å². The lowest BCUT2D eigenvalue weighted by atomic mass is 10.2. The Morgan fingerprint density at radius 1 is 1.08 bits per heavy atom. The molecule has 0 N–H and O–H groups in total. The summed E-state index contributed by atoms with van der Waals surface area (Å²) < 4.78 is 11.0. The van der Waals surface area contributed by atoms with Crippen molar-refractivity contribution in [1.29, 1.82) is 0 Å². The van der Waals surface area contributed by atoms with Crippen LogP contribution in [0, 0.1) is 0 Å². The quantitative estimate of drug-likeness (QED) is 0.743. The Hall–Kier alpha value is -2.33. The number of ether oxygens (including phenoxy) is 2. The van der Waals surface area contributed by atoms with Gasteiger partial charge in [0.1, 0.15) is 11.9 Å². The van der Waals surface area contributed by atoms with Crippen LogP contribution in [0.1, 0.15) is 25.0 Å². The fourth-order valence-electron chi connectivity index (χ4n) is 2.46. The minimum Gasteiger partial charge on any atom is -0.497 e. The van der Waals surface area contributed by atoms with Crippen LogP contribution in [0.2, 0.25) is 0 Å². The summed E-state index contributed by atoms with van der Waals surface area (Å²) in [6.45, 7) is 5.42. The summed E-state index contributed by atoms with van der Waals surface area (Å²) in [5, 5.41) is 0. The molecule has 0 bridgehead atoms. The predicted octanol–water partition coefficient (Wildman–Crippen LogP) is 3.65. The number of likely N-dealkylation sites (N-methyl/N-ethyl adjacent to an activating group) is 1. The van der Waals surface area contributed by atoms with Crippen LogP contribution in [-0.2, 0) is 22.7 Å². The highest BCUT2D eigenvalue weighted by Crippen LogP contribution is 2.15. The van der Waals surface area contributed by atoms with Gasteiger partial charge in [0.2, 0.25) is 0 Å². The highest BCUT2D eigenvalue weighted by atomic mass is 16.5. The second-order valence-corrected chi connectivity index (χ2v) is 5.64. The van der Waals surface area contributed by atoms with Gasteiger partial charge >= 0.3 is 0 Å². The fourth-order valence-corrected chi connectivity index (χ4v) is 2.46.